The smallest absolute Gasteiger partial charge is 0.164 e. The lowest BCUT2D eigenvalue weighted by molar-refractivity contribution is 0.0841. The van der Waals surface area contributed by atoms with Gasteiger partial charge >= 0.3 is 0 Å². The van der Waals surface area contributed by atoms with Crippen molar-refractivity contribution in [2.24, 2.45) is 0 Å². The van der Waals surface area contributed by atoms with Gasteiger partial charge in [-0.1, -0.05) is 6.42 Å². The molecule has 3 nitrogen and oxygen atoms in total. The maximum absolute atomic E-state index is 12.8. The number of hydrogen-bond donors (Lipinski definition) is 1. The SMILES string of the molecule is O=C(CCN(CCO)C1CCC1)c1ccc(F)cc1. The van der Waals surface area contributed by atoms with Crippen molar-refractivity contribution in [3.63, 3.8) is 0 Å². The maximum Gasteiger partial charge on any atom is 0.164 e. The molecule has 1 aromatic rings. The molecule has 1 saturated carbocycles. The summed E-state index contributed by atoms with van der Waals surface area (Å²) in [5.41, 5.74) is 0.555. The monoisotopic (exact) mass is 265 g/mol. The zero-order chi connectivity index (χ0) is 13.7. The molecule has 0 atom stereocenters. The second kappa shape index (κ2) is 6.78. The quantitative estimate of drug-likeness (QED) is 0.769. The van der Waals surface area contributed by atoms with Gasteiger partial charge in [0.05, 0.1) is 6.61 Å². The van der Waals surface area contributed by atoms with Crippen LogP contribution in [0.1, 0.15) is 36.0 Å². The molecular formula is C15H20FNO2. The topological polar surface area (TPSA) is 40.5 Å². The standard InChI is InChI=1S/C15H20FNO2/c16-13-6-4-12(5-7-13)15(19)8-9-17(10-11-18)14-2-1-3-14/h4-7,14,18H,1-3,8-11H2. The fourth-order valence-electron chi connectivity index (χ4n) is 2.38. The predicted octanol–water partition coefficient (Wildman–Crippen LogP) is 2.25. The number of aliphatic hydroxyl groups excluding tert-OH is 1. The molecule has 0 radical (unpaired) electrons. The first-order valence-corrected chi connectivity index (χ1v) is 6.84. The first-order valence-electron chi connectivity index (χ1n) is 6.84. The number of carbonyl (C=O) groups is 1. The van der Waals surface area contributed by atoms with Gasteiger partial charge in [-0.25, -0.2) is 4.39 Å². The van der Waals surface area contributed by atoms with Crippen molar-refractivity contribution >= 4 is 5.78 Å². The van der Waals surface area contributed by atoms with Crippen LogP contribution in [0.2, 0.25) is 0 Å². The Kier molecular flexibility index (Phi) is 5.05. The molecule has 0 amide bonds. The normalized spacial score (nSPS) is 15.5. The van der Waals surface area contributed by atoms with Crippen molar-refractivity contribution in [3.8, 4) is 0 Å². The second-order valence-electron chi connectivity index (χ2n) is 5.02. The van der Waals surface area contributed by atoms with Crippen molar-refractivity contribution in [1.82, 2.24) is 4.90 Å². The minimum Gasteiger partial charge on any atom is -0.395 e. The molecule has 19 heavy (non-hydrogen) atoms. The van der Waals surface area contributed by atoms with Gasteiger partial charge in [0.15, 0.2) is 5.78 Å². The molecule has 0 heterocycles. The molecule has 0 bridgehead atoms. The van der Waals surface area contributed by atoms with Crippen LogP contribution in [0.3, 0.4) is 0 Å². The number of rotatable bonds is 7. The fourth-order valence-corrected chi connectivity index (χ4v) is 2.38. The molecule has 4 heteroatoms. The molecule has 2 rings (SSSR count). The molecular weight excluding hydrogens is 245 g/mol. The Labute approximate surface area is 113 Å². The zero-order valence-electron chi connectivity index (χ0n) is 11.0. The molecule has 1 aliphatic carbocycles. The second-order valence-corrected chi connectivity index (χ2v) is 5.02. The number of carbonyl (C=O) groups excluding carboxylic acids is 1. The number of hydrogen-bond acceptors (Lipinski definition) is 3. The highest BCUT2D eigenvalue weighted by Crippen LogP contribution is 2.24. The third kappa shape index (κ3) is 3.85. The van der Waals surface area contributed by atoms with Crippen LogP contribution in [0.25, 0.3) is 0 Å². The first kappa shape index (κ1) is 14.2. The minimum absolute atomic E-state index is 0.0299. The molecule has 104 valence electrons. The van der Waals surface area contributed by atoms with Crippen LogP contribution in [0.4, 0.5) is 4.39 Å². The number of aliphatic hydroxyl groups is 1. The summed E-state index contributed by atoms with van der Waals surface area (Å²) in [6.07, 6.45) is 3.97. The van der Waals surface area contributed by atoms with E-state index in [2.05, 4.69) is 4.90 Å². The Morgan fingerprint density at radius 3 is 2.47 bits per heavy atom. The minimum atomic E-state index is -0.326. The van der Waals surface area contributed by atoms with E-state index in [1.54, 1.807) is 0 Å². The molecule has 1 aliphatic rings. The van der Waals surface area contributed by atoms with E-state index in [9.17, 15) is 9.18 Å². The third-order valence-corrected chi connectivity index (χ3v) is 3.77. The zero-order valence-corrected chi connectivity index (χ0v) is 11.0. The van der Waals surface area contributed by atoms with E-state index in [1.807, 2.05) is 0 Å². The highest BCUT2D eigenvalue weighted by Gasteiger charge is 2.24. The van der Waals surface area contributed by atoms with Gasteiger partial charge in [-0.15, -0.1) is 0 Å². The molecule has 0 spiro atoms. The maximum atomic E-state index is 12.8. The number of ketones is 1. The average molecular weight is 265 g/mol. The molecule has 0 saturated heterocycles. The molecule has 0 unspecified atom stereocenters. The van der Waals surface area contributed by atoms with Crippen molar-refractivity contribution in [3.05, 3.63) is 35.6 Å². The summed E-state index contributed by atoms with van der Waals surface area (Å²) >= 11 is 0. The van der Waals surface area contributed by atoms with Crippen molar-refractivity contribution in [2.75, 3.05) is 19.7 Å². The van der Waals surface area contributed by atoms with Gasteiger partial charge in [-0.2, -0.15) is 0 Å². The van der Waals surface area contributed by atoms with Gasteiger partial charge in [0.2, 0.25) is 0 Å². The highest BCUT2D eigenvalue weighted by atomic mass is 19.1. The van der Waals surface area contributed by atoms with E-state index in [0.717, 1.165) is 12.8 Å². The van der Waals surface area contributed by atoms with E-state index >= 15 is 0 Å². The highest BCUT2D eigenvalue weighted by molar-refractivity contribution is 5.96. The van der Waals surface area contributed by atoms with Crippen LogP contribution >= 0.6 is 0 Å². The lowest BCUT2D eigenvalue weighted by atomic mass is 9.91. The van der Waals surface area contributed by atoms with Crippen molar-refractivity contribution in [1.29, 1.82) is 0 Å². The van der Waals surface area contributed by atoms with Crippen LogP contribution in [0.5, 0.6) is 0 Å². The molecule has 1 N–H and O–H groups in total. The van der Waals surface area contributed by atoms with Gasteiger partial charge in [0.1, 0.15) is 5.82 Å². The van der Waals surface area contributed by atoms with Crippen LogP contribution < -0.4 is 0 Å². The van der Waals surface area contributed by atoms with Crippen LogP contribution in [-0.2, 0) is 0 Å². The molecule has 0 aromatic heterocycles. The largest absolute Gasteiger partial charge is 0.395 e. The summed E-state index contributed by atoms with van der Waals surface area (Å²) in [6, 6.07) is 6.19. The van der Waals surface area contributed by atoms with Gasteiger partial charge in [-0.05, 0) is 37.1 Å². The third-order valence-electron chi connectivity index (χ3n) is 3.77. The summed E-state index contributed by atoms with van der Waals surface area (Å²) in [7, 11) is 0. The van der Waals surface area contributed by atoms with Gasteiger partial charge in [-0.3, -0.25) is 9.69 Å². The van der Waals surface area contributed by atoms with Crippen LogP contribution in [0, 0.1) is 5.82 Å². The number of halogens is 1. The Morgan fingerprint density at radius 2 is 1.95 bits per heavy atom. The van der Waals surface area contributed by atoms with Gasteiger partial charge in [0.25, 0.3) is 0 Å². The van der Waals surface area contributed by atoms with E-state index < -0.39 is 0 Å². The number of nitrogens with zero attached hydrogens (tertiary/aromatic N) is 1. The Hall–Kier alpha value is -1.26. The van der Waals surface area contributed by atoms with E-state index in [4.69, 9.17) is 5.11 Å². The van der Waals surface area contributed by atoms with Gasteiger partial charge in [0, 0.05) is 31.1 Å². The Bertz CT molecular complexity index is 415. The van der Waals surface area contributed by atoms with E-state index in [1.165, 1.54) is 30.7 Å². The summed E-state index contributed by atoms with van der Waals surface area (Å²) < 4.78 is 12.8. The fraction of sp³-hybridized carbons (Fsp3) is 0.533. The van der Waals surface area contributed by atoms with Crippen molar-refractivity contribution in [2.45, 2.75) is 31.7 Å². The Morgan fingerprint density at radius 1 is 1.26 bits per heavy atom. The lowest BCUT2D eigenvalue weighted by Gasteiger charge is -2.37. The molecule has 1 aromatic carbocycles. The lowest BCUT2D eigenvalue weighted by Crippen LogP contribution is -2.42. The van der Waals surface area contributed by atoms with Crippen molar-refractivity contribution < 1.29 is 14.3 Å². The number of Topliss-reactive ketones (excluding diaryl/α,β-unsaturated/α-hetero) is 1. The predicted molar refractivity (Wildman–Crippen MR) is 71.6 cm³/mol. The summed E-state index contributed by atoms with van der Waals surface area (Å²) in [4.78, 5) is 14.2. The van der Waals surface area contributed by atoms with Crippen LogP contribution in [-0.4, -0.2) is 41.5 Å². The van der Waals surface area contributed by atoms with Crippen LogP contribution in [0.15, 0.2) is 24.3 Å². The Balaban J connectivity index is 1.85. The summed E-state index contributed by atoms with van der Waals surface area (Å²) in [5.74, 6) is -0.296. The number of benzene rings is 1. The van der Waals surface area contributed by atoms with E-state index in [0.29, 0.717) is 31.1 Å². The summed E-state index contributed by atoms with van der Waals surface area (Å²) in [6.45, 7) is 1.42. The van der Waals surface area contributed by atoms with Gasteiger partial charge < -0.3 is 5.11 Å². The molecule has 1 fully saturated rings. The summed E-state index contributed by atoms with van der Waals surface area (Å²) in [5, 5.41) is 9.05. The van der Waals surface area contributed by atoms with E-state index in [-0.39, 0.29) is 18.2 Å². The molecule has 0 aliphatic heterocycles. The first-order chi connectivity index (χ1) is 9.20. The average Bonchev–Trinajstić information content (AvgIpc) is 2.34.